The molecular weight excluding hydrogens is 366 g/mol. The Morgan fingerprint density at radius 3 is 2.26 bits per heavy atom. The first kappa shape index (κ1) is 20.4. The maximum absolute atomic E-state index is 13.7. The van der Waals surface area contributed by atoms with Gasteiger partial charge in [-0.1, -0.05) is 6.07 Å². The average molecular weight is 383 g/mol. The molecule has 2 rings (SSSR count). The van der Waals surface area contributed by atoms with Crippen molar-refractivity contribution in [1.29, 1.82) is 0 Å². The molecule has 0 aliphatic rings. The molecule has 1 N–H and O–H groups in total. The molecule has 0 saturated heterocycles. The van der Waals surface area contributed by atoms with Crippen LogP contribution in [0, 0.1) is 23.3 Å². The van der Waals surface area contributed by atoms with E-state index in [1.807, 2.05) is 0 Å². The lowest BCUT2D eigenvalue weighted by Gasteiger charge is -2.22. The Morgan fingerprint density at radius 1 is 0.889 bits per heavy atom. The number of aryl methyl sites for hydroxylation is 1. The number of aliphatic carboxylic acids is 1. The molecule has 0 bridgehead atoms. The van der Waals surface area contributed by atoms with Gasteiger partial charge < -0.3 is 10.0 Å². The lowest BCUT2D eigenvalue weighted by atomic mass is 10.1. The highest BCUT2D eigenvalue weighted by Gasteiger charge is 2.17. The zero-order valence-corrected chi connectivity index (χ0v) is 14.2. The van der Waals surface area contributed by atoms with Gasteiger partial charge in [0.15, 0.2) is 11.6 Å². The van der Waals surface area contributed by atoms with Crippen molar-refractivity contribution in [3.63, 3.8) is 0 Å². The Hall–Kier alpha value is -2.90. The van der Waals surface area contributed by atoms with E-state index in [1.54, 1.807) is 0 Å². The predicted molar refractivity (Wildman–Crippen MR) is 88.7 cm³/mol. The first-order valence-corrected chi connectivity index (χ1v) is 8.13. The van der Waals surface area contributed by atoms with Crippen LogP contribution in [0.2, 0.25) is 0 Å². The van der Waals surface area contributed by atoms with Crippen molar-refractivity contribution in [3.8, 4) is 0 Å². The van der Waals surface area contributed by atoms with Crippen LogP contribution in [-0.4, -0.2) is 28.4 Å². The SMILES string of the molecule is O=C(O)CCN(Cc1ccc(F)c(F)c1)C(=O)CCc1cc(F)ccc1F. The molecule has 4 nitrogen and oxygen atoms in total. The zero-order chi connectivity index (χ0) is 20.0. The second kappa shape index (κ2) is 9.16. The number of carbonyl (C=O) groups is 2. The van der Waals surface area contributed by atoms with Crippen LogP contribution in [0.5, 0.6) is 0 Å². The van der Waals surface area contributed by atoms with E-state index in [0.717, 1.165) is 35.2 Å². The Kier molecular flexibility index (Phi) is 6.92. The number of carboxylic acids is 1. The molecule has 0 fully saturated rings. The summed E-state index contributed by atoms with van der Waals surface area (Å²) in [6.07, 6.45) is -0.614. The smallest absolute Gasteiger partial charge is 0.305 e. The number of nitrogens with zero attached hydrogens (tertiary/aromatic N) is 1. The van der Waals surface area contributed by atoms with Gasteiger partial charge in [-0.2, -0.15) is 0 Å². The monoisotopic (exact) mass is 383 g/mol. The van der Waals surface area contributed by atoms with Gasteiger partial charge in [0, 0.05) is 19.5 Å². The van der Waals surface area contributed by atoms with Gasteiger partial charge in [0.1, 0.15) is 11.6 Å². The number of carboxylic acid groups (broad SMARTS) is 1. The van der Waals surface area contributed by atoms with E-state index < -0.39 is 35.1 Å². The first-order valence-electron chi connectivity index (χ1n) is 8.13. The summed E-state index contributed by atoms with van der Waals surface area (Å²) in [7, 11) is 0. The third-order valence-corrected chi connectivity index (χ3v) is 3.92. The Morgan fingerprint density at radius 2 is 1.59 bits per heavy atom. The molecule has 0 aliphatic heterocycles. The summed E-state index contributed by atoms with van der Waals surface area (Å²) < 4.78 is 53.2. The molecule has 0 heterocycles. The number of hydrogen-bond donors (Lipinski definition) is 1. The van der Waals surface area contributed by atoms with E-state index >= 15 is 0 Å². The van der Waals surface area contributed by atoms with Gasteiger partial charge in [0.2, 0.25) is 5.91 Å². The van der Waals surface area contributed by atoms with Crippen LogP contribution < -0.4 is 0 Å². The standard InChI is InChI=1S/C19H17F4NO3/c20-14-3-5-15(21)13(10-14)2-6-18(25)24(8-7-19(26)27)11-12-1-4-16(22)17(23)9-12/h1,3-5,9-10H,2,6-8,11H2,(H,26,27). The van der Waals surface area contributed by atoms with E-state index in [4.69, 9.17) is 5.11 Å². The summed E-state index contributed by atoms with van der Waals surface area (Å²) in [6, 6.07) is 6.02. The molecule has 8 heteroatoms. The van der Waals surface area contributed by atoms with Crippen molar-refractivity contribution in [2.45, 2.75) is 25.8 Å². The van der Waals surface area contributed by atoms with E-state index in [-0.39, 0.29) is 43.5 Å². The summed E-state index contributed by atoms with van der Waals surface area (Å²) in [6.45, 7) is -0.284. The lowest BCUT2D eigenvalue weighted by Crippen LogP contribution is -2.33. The molecule has 144 valence electrons. The van der Waals surface area contributed by atoms with Crippen LogP contribution in [0.1, 0.15) is 24.0 Å². The second-order valence-electron chi connectivity index (χ2n) is 5.94. The summed E-state index contributed by atoms with van der Waals surface area (Å²) in [5, 5.41) is 8.83. The highest BCUT2D eigenvalue weighted by atomic mass is 19.2. The van der Waals surface area contributed by atoms with Gasteiger partial charge in [-0.05, 0) is 47.9 Å². The molecule has 0 saturated carbocycles. The van der Waals surface area contributed by atoms with E-state index in [9.17, 15) is 27.2 Å². The predicted octanol–water partition coefficient (Wildman–Crippen LogP) is 3.68. The van der Waals surface area contributed by atoms with Crippen molar-refractivity contribution < 1.29 is 32.3 Å². The van der Waals surface area contributed by atoms with E-state index in [2.05, 4.69) is 0 Å². The topological polar surface area (TPSA) is 57.6 Å². The fourth-order valence-electron chi connectivity index (χ4n) is 2.52. The number of carbonyl (C=O) groups excluding carboxylic acids is 1. The van der Waals surface area contributed by atoms with Crippen LogP contribution in [-0.2, 0) is 22.6 Å². The fraction of sp³-hybridized carbons (Fsp3) is 0.263. The third-order valence-electron chi connectivity index (χ3n) is 3.92. The maximum atomic E-state index is 13.7. The van der Waals surface area contributed by atoms with Crippen LogP contribution in [0.25, 0.3) is 0 Å². The number of hydrogen-bond acceptors (Lipinski definition) is 2. The third kappa shape index (κ3) is 6.09. The fourth-order valence-corrected chi connectivity index (χ4v) is 2.52. The van der Waals surface area contributed by atoms with Gasteiger partial charge in [0.25, 0.3) is 0 Å². The summed E-state index contributed by atoms with van der Waals surface area (Å²) >= 11 is 0. The molecule has 0 aliphatic carbocycles. The van der Waals surface area contributed by atoms with Gasteiger partial charge >= 0.3 is 5.97 Å². The zero-order valence-electron chi connectivity index (χ0n) is 14.2. The summed E-state index contributed by atoms with van der Waals surface area (Å²) in [5.41, 5.74) is 0.305. The van der Waals surface area contributed by atoms with Crippen LogP contribution >= 0.6 is 0 Å². The van der Waals surface area contributed by atoms with Crippen molar-refractivity contribution in [2.24, 2.45) is 0 Å². The molecule has 0 spiro atoms. The largest absolute Gasteiger partial charge is 0.481 e. The molecule has 0 radical (unpaired) electrons. The van der Waals surface area contributed by atoms with Crippen LogP contribution in [0.4, 0.5) is 17.6 Å². The Balaban J connectivity index is 2.09. The lowest BCUT2D eigenvalue weighted by molar-refractivity contribution is -0.138. The molecule has 1 amide bonds. The Labute approximate surface area is 153 Å². The normalized spacial score (nSPS) is 10.7. The first-order chi connectivity index (χ1) is 12.8. The van der Waals surface area contributed by atoms with Crippen molar-refractivity contribution in [1.82, 2.24) is 4.90 Å². The molecule has 27 heavy (non-hydrogen) atoms. The minimum atomic E-state index is -1.13. The van der Waals surface area contributed by atoms with E-state index in [1.165, 1.54) is 6.07 Å². The van der Waals surface area contributed by atoms with E-state index in [0.29, 0.717) is 0 Å². The number of benzene rings is 2. The molecular formula is C19H17F4NO3. The molecule has 0 atom stereocenters. The Bertz CT molecular complexity index is 842. The van der Waals surface area contributed by atoms with Crippen LogP contribution in [0.3, 0.4) is 0 Å². The summed E-state index contributed by atoms with van der Waals surface area (Å²) in [5.74, 6) is -5.05. The van der Waals surface area contributed by atoms with Crippen molar-refractivity contribution >= 4 is 11.9 Å². The van der Waals surface area contributed by atoms with Gasteiger partial charge in [-0.15, -0.1) is 0 Å². The molecule has 2 aromatic rings. The highest BCUT2D eigenvalue weighted by molar-refractivity contribution is 5.77. The molecule has 0 aromatic heterocycles. The quantitative estimate of drug-likeness (QED) is 0.708. The van der Waals surface area contributed by atoms with Crippen molar-refractivity contribution in [3.05, 3.63) is 70.8 Å². The summed E-state index contributed by atoms with van der Waals surface area (Å²) in [4.78, 5) is 24.4. The average Bonchev–Trinajstić information content (AvgIpc) is 2.61. The number of amides is 1. The van der Waals surface area contributed by atoms with Gasteiger partial charge in [-0.25, -0.2) is 17.6 Å². The van der Waals surface area contributed by atoms with Crippen LogP contribution in [0.15, 0.2) is 36.4 Å². The highest BCUT2D eigenvalue weighted by Crippen LogP contribution is 2.15. The van der Waals surface area contributed by atoms with Crippen molar-refractivity contribution in [2.75, 3.05) is 6.54 Å². The molecule has 0 unspecified atom stereocenters. The number of rotatable bonds is 8. The second-order valence-corrected chi connectivity index (χ2v) is 5.94. The minimum absolute atomic E-state index is 0.0226. The maximum Gasteiger partial charge on any atom is 0.305 e. The number of halogens is 4. The van der Waals surface area contributed by atoms with Gasteiger partial charge in [-0.3, -0.25) is 9.59 Å². The van der Waals surface area contributed by atoms with Gasteiger partial charge in [0.05, 0.1) is 6.42 Å². The minimum Gasteiger partial charge on any atom is -0.481 e. The molecule has 2 aromatic carbocycles.